The Hall–Kier alpha value is -0.860. The number of benzene rings is 1. The van der Waals surface area contributed by atoms with Gasteiger partial charge in [-0.3, -0.25) is 0 Å². The van der Waals surface area contributed by atoms with Gasteiger partial charge in [0.15, 0.2) is 0 Å². The fraction of sp³-hybridized carbons (Fsp3) is 0.529. The van der Waals surface area contributed by atoms with E-state index in [4.69, 9.17) is 0 Å². The third-order valence-electron chi connectivity index (χ3n) is 5.02. The molecule has 1 saturated carbocycles. The van der Waals surface area contributed by atoms with Gasteiger partial charge in [-0.2, -0.15) is 0 Å². The Morgan fingerprint density at radius 1 is 1.26 bits per heavy atom. The third-order valence-corrected chi connectivity index (χ3v) is 6.00. The summed E-state index contributed by atoms with van der Waals surface area (Å²) in [7, 11) is 2.13. The quantitative estimate of drug-likeness (QED) is 0.814. The molecule has 1 aromatic carbocycles. The SMILES string of the molecule is CCC1(C(NC)c2cccc3ccsc23)CCCC1. The summed E-state index contributed by atoms with van der Waals surface area (Å²) >= 11 is 1.89. The van der Waals surface area contributed by atoms with Crippen molar-refractivity contribution in [1.82, 2.24) is 5.32 Å². The Morgan fingerprint density at radius 3 is 2.74 bits per heavy atom. The zero-order valence-electron chi connectivity index (χ0n) is 11.9. The van der Waals surface area contributed by atoms with Gasteiger partial charge in [-0.25, -0.2) is 0 Å². The summed E-state index contributed by atoms with van der Waals surface area (Å²) in [4.78, 5) is 0. The van der Waals surface area contributed by atoms with E-state index in [2.05, 4.69) is 48.9 Å². The van der Waals surface area contributed by atoms with Crippen molar-refractivity contribution in [3.05, 3.63) is 35.2 Å². The summed E-state index contributed by atoms with van der Waals surface area (Å²) in [6.07, 6.45) is 6.81. The van der Waals surface area contributed by atoms with Gasteiger partial charge in [-0.1, -0.05) is 38.0 Å². The Morgan fingerprint density at radius 2 is 2.05 bits per heavy atom. The van der Waals surface area contributed by atoms with E-state index in [9.17, 15) is 0 Å². The summed E-state index contributed by atoms with van der Waals surface area (Å²) in [6, 6.07) is 9.52. The predicted molar refractivity (Wildman–Crippen MR) is 84.8 cm³/mol. The zero-order valence-corrected chi connectivity index (χ0v) is 12.7. The summed E-state index contributed by atoms with van der Waals surface area (Å²) in [5.74, 6) is 0. The fourth-order valence-corrected chi connectivity index (χ4v) is 4.91. The van der Waals surface area contributed by atoms with Gasteiger partial charge in [-0.05, 0) is 54.1 Å². The third kappa shape index (κ3) is 2.11. The van der Waals surface area contributed by atoms with E-state index >= 15 is 0 Å². The fourth-order valence-electron chi connectivity index (χ4n) is 3.96. The molecule has 1 aliphatic carbocycles. The second-order valence-electron chi connectivity index (χ2n) is 5.83. The lowest BCUT2D eigenvalue weighted by molar-refractivity contribution is 0.196. The summed E-state index contributed by atoms with van der Waals surface area (Å²) in [5, 5.41) is 7.25. The molecule has 2 heteroatoms. The first-order valence-corrected chi connectivity index (χ1v) is 8.32. The van der Waals surface area contributed by atoms with Crippen molar-refractivity contribution < 1.29 is 0 Å². The average molecular weight is 273 g/mol. The molecule has 3 rings (SSSR count). The minimum absolute atomic E-state index is 0.465. The number of hydrogen-bond donors (Lipinski definition) is 1. The van der Waals surface area contributed by atoms with Crippen LogP contribution in [-0.4, -0.2) is 7.05 Å². The number of nitrogens with one attached hydrogen (secondary N) is 1. The van der Waals surface area contributed by atoms with Crippen molar-refractivity contribution >= 4 is 21.4 Å². The van der Waals surface area contributed by atoms with Gasteiger partial charge < -0.3 is 5.32 Å². The van der Waals surface area contributed by atoms with Crippen molar-refractivity contribution in [2.45, 2.75) is 45.1 Å². The molecule has 1 aliphatic rings. The van der Waals surface area contributed by atoms with Crippen LogP contribution in [0.25, 0.3) is 10.1 Å². The standard InChI is InChI=1S/C17H23NS/c1-3-17(10-4-5-11-17)16(18-2)14-8-6-7-13-9-12-19-15(13)14/h6-9,12,16,18H,3-5,10-11H2,1-2H3. The molecule has 19 heavy (non-hydrogen) atoms. The van der Waals surface area contributed by atoms with Crippen LogP contribution in [0.3, 0.4) is 0 Å². The van der Waals surface area contributed by atoms with Crippen LogP contribution < -0.4 is 5.32 Å². The first kappa shape index (κ1) is 13.1. The summed E-state index contributed by atoms with van der Waals surface area (Å²) in [5.41, 5.74) is 1.98. The van der Waals surface area contributed by atoms with Crippen LogP contribution in [0.1, 0.15) is 50.6 Å². The molecule has 0 bridgehead atoms. The maximum absolute atomic E-state index is 3.64. The highest BCUT2D eigenvalue weighted by Crippen LogP contribution is 2.51. The number of rotatable bonds is 4. The molecule has 0 saturated heterocycles. The number of hydrogen-bond acceptors (Lipinski definition) is 2. The molecular weight excluding hydrogens is 250 g/mol. The van der Waals surface area contributed by atoms with E-state index in [1.54, 1.807) is 0 Å². The molecule has 1 aromatic heterocycles. The monoisotopic (exact) mass is 273 g/mol. The van der Waals surface area contributed by atoms with E-state index in [-0.39, 0.29) is 0 Å². The summed E-state index contributed by atoms with van der Waals surface area (Å²) < 4.78 is 1.47. The summed E-state index contributed by atoms with van der Waals surface area (Å²) in [6.45, 7) is 2.37. The maximum atomic E-state index is 3.64. The maximum Gasteiger partial charge on any atom is 0.0390 e. The minimum Gasteiger partial charge on any atom is -0.312 e. The second-order valence-corrected chi connectivity index (χ2v) is 6.75. The molecule has 1 atom stereocenters. The number of fused-ring (bicyclic) bond motifs is 1. The highest BCUT2D eigenvalue weighted by atomic mass is 32.1. The number of thiophene rings is 1. The lowest BCUT2D eigenvalue weighted by atomic mass is 9.73. The van der Waals surface area contributed by atoms with E-state index < -0.39 is 0 Å². The van der Waals surface area contributed by atoms with Gasteiger partial charge in [0, 0.05) is 10.7 Å². The van der Waals surface area contributed by atoms with Gasteiger partial charge >= 0.3 is 0 Å². The van der Waals surface area contributed by atoms with Crippen LogP contribution in [0, 0.1) is 5.41 Å². The molecule has 1 heterocycles. The van der Waals surface area contributed by atoms with Crippen molar-refractivity contribution in [2.24, 2.45) is 5.41 Å². The van der Waals surface area contributed by atoms with Crippen molar-refractivity contribution in [3.8, 4) is 0 Å². The van der Waals surface area contributed by atoms with E-state index in [1.165, 1.54) is 47.8 Å². The van der Waals surface area contributed by atoms with Crippen LogP contribution in [0.15, 0.2) is 29.6 Å². The van der Waals surface area contributed by atoms with Crippen LogP contribution in [0.4, 0.5) is 0 Å². The highest BCUT2D eigenvalue weighted by molar-refractivity contribution is 7.17. The lowest BCUT2D eigenvalue weighted by Crippen LogP contribution is -2.34. The predicted octanol–water partition coefficient (Wildman–Crippen LogP) is 5.13. The van der Waals surface area contributed by atoms with E-state index in [0.29, 0.717) is 11.5 Å². The molecule has 1 unspecified atom stereocenters. The van der Waals surface area contributed by atoms with Crippen molar-refractivity contribution in [2.75, 3.05) is 7.05 Å². The molecule has 0 aliphatic heterocycles. The second kappa shape index (κ2) is 5.26. The molecular formula is C17H23NS. The Balaban J connectivity index is 2.09. The normalized spacial score (nSPS) is 19.9. The van der Waals surface area contributed by atoms with Crippen LogP contribution >= 0.6 is 11.3 Å². The smallest absolute Gasteiger partial charge is 0.0390 e. The molecule has 2 aromatic rings. The van der Waals surface area contributed by atoms with Gasteiger partial charge in [0.25, 0.3) is 0 Å². The van der Waals surface area contributed by atoms with Crippen molar-refractivity contribution in [1.29, 1.82) is 0 Å². The lowest BCUT2D eigenvalue weighted by Gasteiger charge is -2.37. The molecule has 1 nitrogen and oxygen atoms in total. The minimum atomic E-state index is 0.465. The van der Waals surface area contributed by atoms with E-state index in [0.717, 1.165) is 0 Å². The first-order chi connectivity index (χ1) is 9.30. The average Bonchev–Trinajstić information content (AvgIpc) is 3.09. The Labute approximate surface area is 120 Å². The highest BCUT2D eigenvalue weighted by Gasteiger charge is 2.40. The van der Waals surface area contributed by atoms with Gasteiger partial charge in [0.2, 0.25) is 0 Å². The molecule has 0 radical (unpaired) electrons. The van der Waals surface area contributed by atoms with Crippen molar-refractivity contribution in [3.63, 3.8) is 0 Å². The van der Waals surface area contributed by atoms with Crippen LogP contribution in [0.5, 0.6) is 0 Å². The van der Waals surface area contributed by atoms with Gasteiger partial charge in [-0.15, -0.1) is 11.3 Å². The van der Waals surface area contributed by atoms with Crippen LogP contribution in [0.2, 0.25) is 0 Å². The van der Waals surface area contributed by atoms with Gasteiger partial charge in [0.05, 0.1) is 0 Å². The first-order valence-electron chi connectivity index (χ1n) is 7.44. The zero-order chi connectivity index (χ0) is 13.3. The largest absolute Gasteiger partial charge is 0.312 e. The molecule has 0 spiro atoms. The van der Waals surface area contributed by atoms with Crippen LogP contribution in [-0.2, 0) is 0 Å². The topological polar surface area (TPSA) is 12.0 Å². The molecule has 1 N–H and O–H groups in total. The molecule has 1 fully saturated rings. The Bertz CT molecular complexity index is 551. The Kier molecular flexibility index (Phi) is 3.64. The molecule has 102 valence electrons. The molecule has 0 amide bonds. The van der Waals surface area contributed by atoms with Gasteiger partial charge in [0.1, 0.15) is 0 Å². The van der Waals surface area contributed by atoms with E-state index in [1.807, 2.05) is 11.3 Å².